The van der Waals surface area contributed by atoms with Gasteiger partial charge in [0.25, 0.3) is 0 Å². The van der Waals surface area contributed by atoms with E-state index < -0.39 is 0 Å². The van der Waals surface area contributed by atoms with E-state index in [2.05, 4.69) is 52.3 Å². The third kappa shape index (κ3) is 5.26. The Kier molecular flexibility index (Phi) is 6.58. The normalized spacial score (nSPS) is 17.0. The Morgan fingerprint density at radius 3 is 2.17 bits per heavy atom. The van der Waals surface area contributed by atoms with Crippen LogP contribution in [0, 0.1) is 0 Å². The minimum atomic E-state index is 0.261. The highest BCUT2D eigenvalue weighted by Gasteiger charge is 2.19. The molecule has 0 unspecified atom stereocenters. The fourth-order valence-corrected chi connectivity index (χ4v) is 3.40. The van der Waals surface area contributed by atoms with Crippen LogP contribution in [-0.4, -0.2) is 49.5 Å². The van der Waals surface area contributed by atoms with Gasteiger partial charge in [0, 0.05) is 43.7 Å². The first-order valence-corrected chi connectivity index (χ1v) is 9.15. The summed E-state index contributed by atoms with van der Waals surface area (Å²) in [5.74, 6) is 0. The zero-order valence-corrected chi connectivity index (χ0v) is 14.9. The molecule has 1 atom stereocenters. The zero-order valence-electron chi connectivity index (χ0n) is 14.1. The molecule has 24 heavy (non-hydrogen) atoms. The number of anilines is 1. The van der Waals surface area contributed by atoms with Gasteiger partial charge in [-0.15, -0.1) is 0 Å². The van der Waals surface area contributed by atoms with E-state index in [0.717, 1.165) is 32.7 Å². The third-order valence-corrected chi connectivity index (χ3v) is 4.70. The minimum absolute atomic E-state index is 0.261. The Bertz CT molecular complexity index is 585. The van der Waals surface area contributed by atoms with Crippen LogP contribution < -0.4 is 4.90 Å². The Balaban J connectivity index is 1.35. The molecule has 0 aromatic heterocycles. The van der Waals surface area contributed by atoms with Gasteiger partial charge in [-0.25, -0.2) is 0 Å². The maximum Gasteiger partial charge on any atom is 0.0717 e. The summed E-state index contributed by atoms with van der Waals surface area (Å²) in [5, 5.41) is 0.261. The van der Waals surface area contributed by atoms with E-state index in [4.69, 9.17) is 17.4 Å². The van der Waals surface area contributed by atoms with Crippen LogP contribution in [0.15, 0.2) is 60.7 Å². The molecule has 3 nitrogen and oxygen atoms in total. The Labute approximate surface area is 150 Å². The quantitative estimate of drug-likeness (QED) is 0.777. The maximum atomic E-state index is 5.80. The molecule has 0 aliphatic carbocycles. The average molecular weight is 343 g/mol. The van der Waals surface area contributed by atoms with Crippen LogP contribution in [0.25, 0.3) is 0 Å². The van der Waals surface area contributed by atoms with Gasteiger partial charge in [0.15, 0.2) is 0 Å². The van der Waals surface area contributed by atoms with Crippen LogP contribution >= 0.6 is 12.6 Å². The van der Waals surface area contributed by atoms with Crippen LogP contribution in [-0.2, 0) is 11.3 Å². The molecule has 0 bridgehead atoms. The lowest BCUT2D eigenvalue weighted by atomic mass is 10.2. The Hall–Kier alpha value is -1.49. The molecular weight excluding hydrogens is 316 g/mol. The number of nitrogens with zero attached hydrogens (tertiary/aromatic N) is 2. The van der Waals surface area contributed by atoms with Gasteiger partial charge in [-0.2, -0.15) is 12.6 Å². The first-order valence-electron chi connectivity index (χ1n) is 8.63. The summed E-state index contributed by atoms with van der Waals surface area (Å²) in [7, 11) is 0. The molecule has 2 aromatic carbocycles. The Morgan fingerprint density at radius 2 is 1.50 bits per heavy atom. The average Bonchev–Trinajstić information content (AvgIpc) is 2.64. The van der Waals surface area contributed by atoms with Gasteiger partial charge in [0.05, 0.1) is 13.2 Å². The summed E-state index contributed by atoms with van der Waals surface area (Å²) in [6, 6.07) is 21.0. The maximum absolute atomic E-state index is 5.80. The number of piperazine rings is 1. The second-order valence-corrected chi connectivity index (χ2v) is 7.01. The third-order valence-electron chi connectivity index (χ3n) is 4.38. The van der Waals surface area contributed by atoms with E-state index in [0.29, 0.717) is 13.2 Å². The van der Waals surface area contributed by atoms with Crippen LogP contribution in [0.5, 0.6) is 0 Å². The molecule has 0 saturated carbocycles. The minimum Gasteiger partial charge on any atom is -0.376 e. The molecule has 0 spiro atoms. The van der Waals surface area contributed by atoms with Crippen molar-refractivity contribution in [2.24, 2.45) is 0 Å². The number of benzene rings is 2. The summed E-state index contributed by atoms with van der Waals surface area (Å²) < 4.78 is 5.80. The summed E-state index contributed by atoms with van der Waals surface area (Å²) in [5.41, 5.74) is 2.54. The smallest absolute Gasteiger partial charge is 0.0717 e. The van der Waals surface area contributed by atoms with E-state index in [1.165, 1.54) is 11.3 Å². The summed E-state index contributed by atoms with van der Waals surface area (Å²) in [6.45, 7) is 6.68. The number of hydrogen-bond acceptors (Lipinski definition) is 4. The van der Waals surface area contributed by atoms with E-state index in [1.807, 2.05) is 18.2 Å². The molecule has 2 aromatic rings. The summed E-state index contributed by atoms with van der Waals surface area (Å²) >= 11 is 4.70. The lowest BCUT2D eigenvalue weighted by molar-refractivity contribution is 0.112. The largest absolute Gasteiger partial charge is 0.376 e. The molecular formula is C20H26N2OS. The predicted molar refractivity (Wildman–Crippen MR) is 104 cm³/mol. The lowest BCUT2D eigenvalue weighted by Gasteiger charge is -2.37. The van der Waals surface area contributed by atoms with Crippen LogP contribution in [0.4, 0.5) is 5.69 Å². The summed E-state index contributed by atoms with van der Waals surface area (Å²) in [6.07, 6.45) is 0. The molecule has 3 rings (SSSR count). The fourth-order valence-electron chi connectivity index (χ4n) is 3.07. The van der Waals surface area contributed by atoms with Gasteiger partial charge in [-0.3, -0.25) is 4.90 Å². The van der Waals surface area contributed by atoms with Crippen molar-refractivity contribution in [3.05, 3.63) is 66.2 Å². The first kappa shape index (κ1) is 17.3. The van der Waals surface area contributed by atoms with Crippen molar-refractivity contribution in [2.75, 3.05) is 44.2 Å². The van der Waals surface area contributed by atoms with Crippen LogP contribution in [0.3, 0.4) is 0 Å². The van der Waals surface area contributed by atoms with Crippen molar-refractivity contribution < 1.29 is 4.74 Å². The second-order valence-electron chi connectivity index (χ2n) is 6.28. The molecule has 0 amide bonds. The van der Waals surface area contributed by atoms with E-state index in [9.17, 15) is 0 Å². The van der Waals surface area contributed by atoms with Crippen molar-refractivity contribution in [3.63, 3.8) is 0 Å². The number of thiol groups is 1. The molecule has 1 heterocycles. The van der Waals surface area contributed by atoms with Crippen molar-refractivity contribution >= 4 is 18.3 Å². The number of para-hydroxylation sites is 1. The van der Waals surface area contributed by atoms with E-state index in [-0.39, 0.29) is 5.25 Å². The number of hydrogen-bond donors (Lipinski definition) is 1. The van der Waals surface area contributed by atoms with Crippen molar-refractivity contribution in [3.8, 4) is 0 Å². The molecule has 0 radical (unpaired) electrons. The SMILES string of the molecule is S[C@@H](COCc1ccccc1)CN1CCN(c2ccccc2)CC1. The van der Waals surface area contributed by atoms with Crippen molar-refractivity contribution in [1.82, 2.24) is 4.90 Å². The van der Waals surface area contributed by atoms with Crippen molar-refractivity contribution in [1.29, 1.82) is 0 Å². The van der Waals surface area contributed by atoms with Crippen LogP contribution in [0.1, 0.15) is 5.56 Å². The number of rotatable bonds is 7. The van der Waals surface area contributed by atoms with Gasteiger partial charge in [-0.1, -0.05) is 48.5 Å². The van der Waals surface area contributed by atoms with Gasteiger partial charge >= 0.3 is 0 Å². The highest BCUT2D eigenvalue weighted by Crippen LogP contribution is 2.16. The standard InChI is InChI=1S/C20H26N2OS/c24-20(17-23-16-18-7-3-1-4-8-18)15-21-11-13-22(14-12-21)19-9-5-2-6-10-19/h1-10,20,24H,11-17H2/t20-/m1/s1. The van der Waals surface area contributed by atoms with E-state index >= 15 is 0 Å². The van der Waals surface area contributed by atoms with Gasteiger partial charge in [-0.05, 0) is 17.7 Å². The highest BCUT2D eigenvalue weighted by atomic mass is 32.1. The predicted octanol–water partition coefficient (Wildman–Crippen LogP) is 3.32. The molecule has 1 aliphatic rings. The van der Waals surface area contributed by atoms with Gasteiger partial charge < -0.3 is 9.64 Å². The van der Waals surface area contributed by atoms with Gasteiger partial charge in [0.2, 0.25) is 0 Å². The Morgan fingerprint density at radius 1 is 0.875 bits per heavy atom. The monoisotopic (exact) mass is 342 g/mol. The molecule has 0 N–H and O–H groups in total. The van der Waals surface area contributed by atoms with E-state index in [1.54, 1.807) is 0 Å². The molecule has 1 fully saturated rings. The highest BCUT2D eigenvalue weighted by molar-refractivity contribution is 7.81. The molecule has 1 aliphatic heterocycles. The number of ether oxygens (including phenoxy) is 1. The molecule has 128 valence electrons. The molecule has 4 heteroatoms. The topological polar surface area (TPSA) is 15.7 Å². The zero-order chi connectivity index (χ0) is 16.6. The lowest BCUT2D eigenvalue weighted by Crippen LogP contribution is -2.48. The fraction of sp³-hybridized carbons (Fsp3) is 0.400. The van der Waals surface area contributed by atoms with Crippen molar-refractivity contribution in [2.45, 2.75) is 11.9 Å². The first-order chi connectivity index (χ1) is 11.8. The van der Waals surface area contributed by atoms with Crippen LogP contribution in [0.2, 0.25) is 0 Å². The summed E-state index contributed by atoms with van der Waals surface area (Å²) in [4.78, 5) is 4.94. The molecule has 1 saturated heterocycles. The second kappa shape index (κ2) is 9.11. The van der Waals surface area contributed by atoms with Gasteiger partial charge in [0.1, 0.15) is 0 Å².